The largest absolute Gasteiger partial charge is 0.452 e. The molecule has 3 aromatic rings. The minimum atomic E-state index is 0.195. The monoisotopic (exact) mass is 341 g/mol. The van der Waals surface area contributed by atoms with Crippen LogP contribution in [0.3, 0.4) is 0 Å². The summed E-state index contributed by atoms with van der Waals surface area (Å²) in [6.07, 6.45) is 0. The molecule has 1 aromatic heterocycles. The predicted molar refractivity (Wildman–Crippen MR) is 84.8 cm³/mol. The van der Waals surface area contributed by atoms with E-state index < -0.39 is 0 Å². The molecule has 0 fully saturated rings. The van der Waals surface area contributed by atoms with Crippen molar-refractivity contribution in [2.75, 3.05) is 0 Å². The van der Waals surface area contributed by atoms with Gasteiger partial charge in [-0.25, -0.2) is 0 Å². The highest BCUT2D eigenvalue weighted by Gasteiger charge is 2.16. The standard InChI is InChI=1S/C17H12BrNO2/c1-11-8-12(9-18)6-7-14(11)21-17-13-4-2-3-5-15(13)20-16(17)10-19/h2-8H,9H2,1H3. The number of aryl methyl sites for hydroxylation is 1. The molecule has 0 amide bonds. The van der Waals surface area contributed by atoms with Crippen LogP contribution in [0.15, 0.2) is 46.9 Å². The summed E-state index contributed by atoms with van der Waals surface area (Å²) >= 11 is 3.43. The lowest BCUT2D eigenvalue weighted by molar-refractivity contribution is 0.464. The van der Waals surface area contributed by atoms with Crippen LogP contribution in [0, 0.1) is 18.3 Å². The van der Waals surface area contributed by atoms with E-state index in [1.165, 1.54) is 5.56 Å². The van der Waals surface area contributed by atoms with Gasteiger partial charge in [0, 0.05) is 5.33 Å². The third kappa shape index (κ3) is 2.53. The van der Waals surface area contributed by atoms with E-state index in [2.05, 4.69) is 22.0 Å². The third-order valence-corrected chi connectivity index (χ3v) is 3.90. The van der Waals surface area contributed by atoms with Crippen molar-refractivity contribution < 1.29 is 9.15 Å². The van der Waals surface area contributed by atoms with Gasteiger partial charge < -0.3 is 9.15 Å². The lowest BCUT2D eigenvalue weighted by Crippen LogP contribution is -1.90. The fourth-order valence-electron chi connectivity index (χ4n) is 2.22. The van der Waals surface area contributed by atoms with E-state index in [1.54, 1.807) is 0 Å². The molecule has 0 aliphatic heterocycles. The molecule has 21 heavy (non-hydrogen) atoms. The number of hydrogen-bond acceptors (Lipinski definition) is 3. The van der Waals surface area contributed by atoms with Crippen molar-refractivity contribution in [2.24, 2.45) is 0 Å². The van der Waals surface area contributed by atoms with Crippen molar-refractivity contribution in [3.8, 4) is 17.6 Å². The molecule has 0 saturated carbocycles. The molecule has 1 heterocycles. The van der Waals surface area contributed by atoms with Gasteiger partial charge >= 0.3 is 0 Å². The summed E-state index contributed by atoms with van der Waals surface area (Å²) in [4.78, 5) is 0. The molecule has 0 unspecified atom stereocenters. The number of fused-ring (bicyclic) bond motifs is 1. The van der Waals surface area contributed by atoms with Gasteiger partial charge in [-0.3, -0.25) is 0 Å². The zero-order chi connectivity index (χ0) is 14.8. The number of furan rings is 1. The fourth-order valence-corrected chi connectivity index (χ4v) is 2.56. The highest BCUT2D eigenvalue weighted by Crippen LogP contribution is 2.37. The molecule has 2 aromatic carbocycles. The molecule has 0 radical (unpaired) electrons. The van der Waals surface area contributed by atoms with Crippen LogP contribution in [0.4, 0.5) is 0 Å². The molecule has 0 saturated heterocycles. The number of ether oxygens (including phenoxy) is 1. The van der Waals surface area contributed by atoms with Crippen molar-refractivity contribution in [3.05, 3.63) is 59.4 Å². The topological polar surface area (TPSA) is 46.2 Å². The van der Waals surface area contributed by atoms with Crippen molar-refractivity contribution in [2.45, 2.75) is 12.3 Å². The molecule has 0 atom stereocenters. The smallest absolute Gasteiger partial charge is 0.247 e. The van der Waals surface area contributed by atoms with Crippen molar-refractivity contribution >= 4 is 26.9 Å². The van der Waals surface area contributed by atoms with Gasteiger partial charge in [0.1, 0.15) is 17.4 Å². The third-order valence-electron chi connectivity index (χ3n) is 3.26. The first kappa shape index (κ1) is 13.7. The van der Waals surface area contributed by atoms with Crippen LogP contribution in [0.2, 0.25) is 0 Å². The molecular weight excluding hydrogens is 330 g/mol. The summed E-state index contributed by atoms with van der Waals surface area (Å²) in [6.45, 7) is 1.98. The van der Waals surface area contributed by atoms with Gasteiger partial charge in [0.2, 0.25) is 5.76 Å². The summed E-state index contributed by atoms with van der Waals surface area (Å²) in [5.74, 6) is 1.39. The van der Waals surface area contributed by atoms with Crippen LogP contribution in [0.5, 0.6) is 11.5 Å². The molecule has 3 rings (SSSR count). The van der Waals surface area contributed by atoms with Crippen LogP contribution in [0.25, 0.3) is 11.0 Å². The Morgan fingerprint density at radius 3 is 2.76 bits per heavy atom. The number of nitrogens with zero attached hydrogens (tertiary/aromatic N) is 1. The molecule has 0 spiro atoms. The lowest BCUT2D eigenvalue weighted by Gasteiger charge is -2.08. The number of nitriles is 1. The van der Waals surface area contributed by atoms with Crippen LogP contribution in [-0.4, -0.2) is 0 Å². The Labute approximate surface area is 130 Å². The minimum Gasteiger partial charge on any atom is -0.452 e. The number of halogens is 1. The van der Waals surface area contributed by atoms with Crippen LogP contribution < -0.4 is 4.74 Å². The molecular formula is C17H12BrNO2. The average molecular weight is 342 g/mol. The van der Waals surface area contributed by atoms with Gasteiger partial charge in [0.05, 0.1) is 5.39 Å². The maximum absolute atomic E-state index is 9.22. The Bertz CT molecular complexity index is 846. The molecule has 4 heteroatoms. The molecule has 3 nitrogen and oxygen atoms in total. The summed E-state index contributed by atoms with van der Waals surface area (Å²) in [5.41, 5.74) is 2.84. The lowest BCUT2D eigenvalue weighted by atomic mass is 10.1. The van der Waals surface area contributed by atoms with E-state index in [-0.39, 0.29) is 5.76 Å². The van der Waals surface area contributed by atoms with E-state index >= 15 is 0 Å². The van der Waals surface area contributed by atoms with Gasteiger partial charge in [0.25, 0.3) is 0 Å². The molecule has 0 aliphatic rings. The fraction of sp³-hybridized carbons (Fsp3) is 0.118. The van der Waals surface area contributed by atoms with Crippen molar-refractivity contribution in [1.82, 2.24) is 0 Å². The highest BCUT2D eigenvalue weighted by molar-refractivity contribution is 9.08. The number of para-hydroxylation sites is 1. The Morgan fingerprint density at radius 2 is 2.05 bits per heavy atom. The van der Waals surface area contributed by atoms with Crippen molar-refractivity contribution in [1.29, 1.82) is 5.26 Å². The van der Waals surface area contributed by atoms with E-state index in [1.807, 2.05) is 49.4 Å². The van der Waals surface area contributed by atoms with E-state index in [0.717, 1.165) is 22.0 Å². The average Bonchev–Trinajstić information content (AvgIpc) is 2.87. The SMILES string of the molecule is Cc1cc(CBr)ccc1Oc1c(C#N)oc2ccccc12. The Kier molecular flexibility index (Phi) is 3.68. The zero-order valence-electron chi connectivity index (χ0n) is 11.4. The second-order valence-electron chi connectivity index (χ2n) is 4.70. The quantitative estimate of drug-likeness (QED) is 0.607. The highest BCUT2D eigenvalue weighted by atomic mass is 79.9. The number of hydrogen-bond donors (Lipinski definition) is 0. The second kappa shape index (κ2) is 5.63. The second-order valence-corrected chi connectivity index (χ2v) is 5.26. The molecule has 0 N–H and O–H groups in total. The van der Waals surface area contributed by atoms with Gasteiger partial charge in [0.15, 0.2) is 5.75 Å². The van der Waals surface area contributed by atoms with Crippen LogP contribution in [0.1, 0.15) is 16.9 Å². The van der Waals surface area contributed by atoms with E-state index in [0.29, 0.717) is 11.3 Å². The maximum Gasteiger partial charge on any atom is 0.247 e. The van der Waals surface area contributed by atoms with Gasteiger partial charge in [-0.05, 0) is 36.2 Å². The molecule has 0 aliphatic carbocycles. The van der Waals surface area contributed by atoms with Crippen LogP contribution >= 0.6 is 15.9 Å². The van der Waals surface area contributed by atoms with Crippen molar-refractivity contribution in [3.63, 3.8) is 0 Å². The molecule has 0 bridgehead atoms. The number of alkyl halides is 1. The van der Waals surface area contributed by atoms with Gasteiger partial charge in [-0.15, -0.1) is 0 Å². The predicted octanol–water partition coefficient (Wildman–Crippen LogP) is 5.30. The minimum absolute atomic E-state index is 0.195. The van der Waals surface area contributed by atoms with Gasteiger partial charge in [-0.1, -0.05) is 40.2 Å². The van der Waals surface area contributed by atoms with E-state index in [4.69, 9.17) is 9.15 Å². The first-order chi connectivity index (χ1) is 10.2. The molecule has 104 valence electrons. The summed E-state index contributed by atoms with van der Waals surface area (Å²) < 4.78 is 11.5. The summed E-state index contributed by atoms with van der Waals surface area (Å²) in [6, 6.07) is 15.5. The van der Waals surface area contributed by atoms with E-state index in [9.17, 15) is 5.26 Å². The zero-order valence-corrected chi connectivity index (χ0v) is 13.0. The maximum atomic E-state index is 9.22. The summed E-state index contributed by atoms with van der Waals surface area (Å²) in [5, 5.41) is 10.8. The first-order valence-corrected chi connectivity index (χ1v) is 7.60. The normalized spacial score (nSPS) is 10.5. The van der Waals surface area contributed by atoms with Gasteiger partial charge in [-0.2, -0.15) is 5.26 Å². The van der Waals surface area contributed by atoms with Crippen LogP contribution in [-0.2, 0) is 5.33 Å². The first-order valence-electron chi connectivity index (χ1n) is 6.48. The number of rotatable bonds is 3. The Hall–Kier alpha value is -2.25. The Morgan fingerprint density at radius 1 is 1.24 bits per heavy atom. The summed E-state index contributed by atoms with van der Waals surface area (Å²) in [7, 11) is 0. The Balaban J connectivity index is 2.08. The number of benzene rings is 2.